The minimum Gasteiger partial charge on any atom is -0.483 e. The van der Waals surface area contributed by atoms with E-state index in [0.29, 0.717) is 17.1 Å². The Labute approximate surface area is 199 Å². The number of carbonyl (C=O) groups is 1. The zero-order valence-corrected chi connectivity index (χ0v) is 19.9. The van der Waals surface area contributed by atoms with Gasteiger partial charge in [0.05, 0.1) is 9.37 Å². The van der Waals surface area contributed by atoms with Crippen molar-refractivity contribution in [2.75, 3.05) is 16.6 Å². The van der Waals surface area contributed by atoms with Gasteiger partial charge in [-0.15, -0.1) is 0 Å². The van der Waals surface area contributed by atoms with Gasteiger partial charge < -0.3 is 10.1 Å². The molecule has 0 atom stereocenters. The Bertz CT molecular complexity index is 1430. The molecule has 0 aliphatic carbocycles. The van der Waals surface area contributed by atoms with Gasteiger partial charge in [-0.2, -0.15) is 0 Å². The summed E-state index contributed by atoms with van der Waals surface area (Å²) in [7, 11) is -3.86. The van der Waals surface area contributed by atoms with E-state index in [-0.39, 0.29) is 23.4 Å². The van der Waals surface area contributed by atoms with Crippen LogP contribution >= 0.6 is 15.9 Å². The van der Waals surface area contributed by atoms with Crippen LogP contribution in [0.2, 0.25) is 0 Å². The molecule has 1 amide bonds. The number of aromatic nitrogens is 2. The molecule has 0 unspecified atom stereocenters. The van der Waals surface area contributed by atoms with Crippen molar-refractivity contribution in [3.63, 3.8) is 0 Å². The Morgan fingerprint density at radius 1 is 1.03 bits per heavy atom. The van der Waals surface area contributed by atoms with E-state index in [4.69, 9.17) is 4.74 Å². The maximum Gasteiger partial charge on any atom is 0.264 e. The number of hydrogen-bond acceptors (Lipinski definition) is 6. The van der Waals surface area contributed by atoms with Crippen molar-refractivity contribution in [3.8, 4) is 5.75 Å². The number of carbonyl (C=O) groups excluding carboxylic acids is 1. The zero-order valence-electron chi connectivity index (χ0n) is 17.4. The van der Waals surface area contributed by atoms with Crippen LogP contribution in [-0.4, -0.2) is 30.9 Å². The number of nitrogens with zero attached hydrogens (tertiary/aromatic N) is 2. The van der Waals surface area contributed by atoms with E-state index in [1.165, 1.54) is 30.5 Å². The van der Waals surface area contributed by atoms with Gasteiger partial charge in [0.2, 0.25) is 5.95 Å². The van der Waals surface area contributed by atoms with Crippen molar-refractivity contribution in [1.29, 1.82) is 0 Å². The monoisotopic (exact) mass is 526 g/mol. The van der Waals surface area contributed by atoms with Crippen molar-refractivity contribution in [3.05, 3.63) is 83.1 Å². The SMILES string of the molecule is Cc1ccnc(NS(=O)(=O)c2ccc(NC(=O)COc3ccc4ccccc4c3Br)cc2)n1. The summed E-state index contributed by atoms with van der Waals surface area (Å²) in [4.78, 5) is 20.3. The Kier molecular flexibility index (Phi) is 6.57. The van der Waals surface area contributed by atoms with E-state index in [2.05, 4.69) is 35.9 Å². The fourth-order valence-corrected chi connectivity index (χ4v) is 4.62. The van der Waals surface area contributed by atoms with Gasteiger partial charge in [0.1, 0.15) is 5.75 Å². The van der Waals surface area contributed by atoms with Gasteiger partial charge in [-0.05, 0) is 70.0 Å². The molecular weight excluding hydrogens is 508 g/mol. The Morgan fingerprint density at radius 2 is 1.79 bits per heavy atom. The lowest BCUT2D eigenvalue weighted by Crippen LogP contribution is -2.20. The molecular formula is C23H19BrN4O4S. The maximum atomic E-state index is 12.5. The molecule has 4 aromatic rings. The van der Waals surface area contributed by atoms with Crippen LogP contribution in [0.5, 0.6) is 5.75 Å². The average molecular weight is 527 g/mol. The largest absolute Gasteiger partial charge is 0.483 e. The molecule has 0 saturated heterocycles. The molecule has 0 radical (unpaired) electrons. The summed E-state index contributed by atoms with van der Waals surface area (Å²) in [6, 6.07) is 19.0. The summed E-state index contributed by atoms with van der Waals surface area (Å²) in [6.45, 7) is 1.53. The summed E-state index contributed by atoms with van der Waals surface area (Å²) in [5.74, 6) is 0.163. The van der Waals surface area contributed by atoms with Crippen molar-refractivity contribution in [1.82, 2.24) is 9.97 Å². The van der Waals surface area contributed by atoms with E-state index in [0.717, 1.165) is 15.2 Å². The number of aryl methyl sites for hydroxylation is 1. The highest BCUT2D eigenvalue weighted by molar-refractivity contribution is 9.10. The number of amides is 1. The van der Waals surface area contributed by atoms with Crippen LogP contribution in [0.15, 0.2) is 82.3 Å². The lowest BCUT2D eigenvalue weighted by Gasteiger charge is -2.11. The first-order chi connectivity index (χ1) is 15.8. The first-order valence-corrected chi connectivity index (χ1v) is 12.1. The zero-order chi connectivity index (χ0) is 23.4. The molecule has 4 rings (SSSR count). The second-order valence-electron chi connectivity index (χ2n) is 7.09. The number of sulfonamides is 1. The smallest absolute Gasteiger partial charge is 0.264 e. The van der Waals surface area contributed by atoms with Crippen LogP contribution in [0.3, 0.4) is 0 Å². The quantitative estimate of drug-likeness (QED) is 0.366. The van der Waals surface area contributed by atoms with E-state index in [9.17, 15) is 13.2 Å². The highest BCUT2D eigenvalue weighted by Gasteiger charge is 2.16. The molecule has 1 aromatic heterocycles. The van der Waals surface area contributed by atoms with E-state index in [1.54, 1.807) is 19.1 Å². The molecule has 0 saturated carbocycles. The molecule has 1 heterocycles. The fourth-order valence-electron chi connectivity index (χ4n) is 3.06. The number of fused-ring (bicyclic) bond motifs is 1. The molecule has 168 valence electrons. The van der Waals surface area contributed by atoms with Crippen molar-refractivity contribution < 1.29 is 17.9 Å². The van der Waals surface area contributed by atoms with Crippen molar-refractivity contribution in [2.24, 2.45) is 0 Å². The van der Waals surface area contributed by atoms with E-state index in [1.807, 2.05) is 30.3 Å². The lowest BCUT2D eigenvalue weighted by molar-refractivity contribution is -0.118. The maximum absolute atomic E-state index is 12.5. The summed E-state index contributed by atoms with van der Waals surface area (Å²) < 4.78 is 33.8. The fraction of sp³-hybridized carbons (Fsp3) is 0.0870. The van der Waals surface area contributed by atoms with Crippen LogP contribution in [0.25, 0.3) is 10.8 Å². The number of nitrogens with one attached hydrogen (secondary N) is 2. The minimum absolute atomic E-state index is 0.00983. The van der Waals surface area contributed by atoms with E-state index >= 15 is 0 Å². The number of benzene rings is 3. The predicted molar refractivity (Wildman–Crippen MR) is 130 cm³/mol. The lowest BCUT2D eigenvalue weighted by atomic mass is 10.1. The number of anilines is 2. The first-order valence-electron chi connectivity index (χ1n) is 9.84. The minimum atomic E-state index is -3.86. The molecule has 0 spiro atoms. The third kappa shape index (κ3) is 5.47. The van der Waals surface area contributed by atoms with Crippen molar-refractivity contribution in [2.45, 2.75) is 11.8 Å². The van der Waals surface area contributed by atoms with Gasteiger partial charge in [-0.3, -0.25) is 4.79 Å². The van der Waals surface area contributed by atoms with Crippen LogP contribution in [0, 0.1) is 6.92 Å². The Hall–Kier alpha value is -3.50. The molecule has 10 heteroatoms. The number of rotatable bonds is 7. The van der Waals surface area contributed by atoms with Crippen molar-refractivity contribution >= 4 is 54.3 Å². The van der Waals surface area contributed by atoms with Crippen LogP contribution < -0.4 is 14.8 Å². The predicted octanol–water partition coefficient (Wildman–Crippen LogP) is 4.52. The van der Waals surface area contributed by atoms with Gasteiger partial charge in [-0.1, -0.05) is 30.3 Å². The molecule has 0 fully saturated rings. The van der Waals surface area contributed by atoms with Crippen LogP contribution in [0.1, 0.15) is 5.69 Å². The summed E-state index contributed by atoms with van der Waals surface area (Å²) in [6.07, 6.45) is 1.47. The molecule has 0 aliphatic rings. The third-order valence-corrected chi connectivity index (χ3v) is 6.82. The van der Waals surface area contributed by atoms with Gasteiger partial charge in [0.15, 0.2) is 6.61 Å². The van der Waals surface area contributed by atoms with Crippen LogP contribution in [0.4, 0.5) is 11.6 Å². The second-order valence-corrected chi connectivity index (χ2v) is 9.56. The van der Waals surface area contributed by atoms with Crippen LogP contribution in [-0.2, 0) is 14.8 Å². The summed E-state index contributed by atoms with van der Waals surface area (Å²) in [5.41, 5.74) is 1.07. The van der Waals surface area contributed by atoms with Gasteiger partial charge in [0.25, 0.3) is 15.9 Å². The molecule has 0 bridgehead atoms. The first kappa shape index (κ1) is 22.7. The second kappa shape index (κ2) is 9.55. The average Bonchev–Trinajstić information content (AvgIpc) is 2.79. The van der Waals surface area contributed by atoms with Gasteiger partial charge in [0, 0.05) is 17.6 Å². The number of halogens is 1. The third-order valence-electron chi connectivity index (χ3n) is 4.66. The number of ether oxygens (including phenoxy) is 1. The topological polar surface area (TPSA) is 110 Å². The van der Waals surface area contributed by atoms with E-state index < -0.39 is 10.0 Å². The molecule has 0 aliphatic heterocycles. The van der Waals surface area contributed by atoms with Gasteiger partial charge in [-0.25, -0.2) is 23.1 Å². The molecule has 2 N–H and O–H groups in total. The Morgan fingerprint density at radius 3 is 2.55 bits per heavy atom. The molecule has 33 heavy (non-hydrogen) atoms. The van der Waals surface area contributed by atoms with Gasteiger partial charge >= 0.3 is 0 Å². The summed E-state index contributed by atoms with van der Waals surface area (Å²) in [5, 5.41) is 4.72. The Balaban J connectivity index is 1.38. The standard InChI is InChI=1S/C23H19BrN4O4S/c1-15-12-13-25-23(26-15)28-33(30,31)18-9-7-17(8-10-18)27-21(29)14-32-20-11-6-16-4-2-3-5-19(16)22(20)24/h2-13H,14H2,1H3,(H,27,29)(H,25,26,28). The molecule has 3 aromatic carbocycles. The molecule has 8 nitrogen and oxygen atoms in total. The highest BCUT2D eigenvalue weighted by atomic mass is 79.9. The summed E-state index contributed by atoms with van der Waals surface area (Å²) >= 11 is 3.52. The number of hydrogen-bond donors (Lipinski definition) is 2. The normalized spacial score (nSPS) is 11.2. The highest BCUT2D eigenvalue weighted by Crippen LogP contribution is 2.33.